The van der Waals surface area contributed by atoms with Crippen molar-refractivity contribution in [3.63, 3.8) is 0 Å². The van der Waals surface area contributed by atoms with Crippen LogP contribution in [0.2, 0.25) is 0 Å². The Hall–Kier alpha value is -4.65. The first-order chi connectivity index (χ1) is 19.4. The first kappa shape index (κ1) is 26.9. The minimum atomic E-state index is -0.362. The van der Waals surface area contributed by atoms with E-state index in [0.29, 0.717) is 39.7 Å². The molecule has 200 valence electrons. The lowest BCUT2D eigenvalue weighted by Crippen LogP contribution is -2.06. The molecule has 0 N–H and O–H groups in total. The number of carbonyl (C=O) groups is 1. The summed E-state index contributed by atoms with van der Waals surface area (Å²) in [5, 5.41) is 4.41. The van der Waals surface area contributed by atoms with Crippen LogP contribution in [0.25, 0.3) is 31.7 Å². The summed E-state index contributed by atoms with van der Waals surface area (Å²) in [6.07, 6.45) is 0. The molecule has 0 saturated carbocycles. The number of ketones is 1. The van der Waals surface area contributed by atoms with Crippen LogP contribution < -0.4 is 9.47 Å². The van der Waals surface area contributed by atoms with Gasteiger partial charge in [0.05, 0.1) is 18.0 Å². The second-order valence-electron chi connectivity index (χ2n) is 9.31. The van der Waals surface area contributed by atoms with Crippen LogP contribution in [-0.2, 0) is 6.61 Å². The minimum Gasteiger partial charge on any atom is -0.493 e. The van der Waals surface area contributed by atoms with Crippen LogP contribution in [-0.4, -0.2) is 18.9 Å². The number of thiophene rings is 1. The highest BCUT2D eigenvalue weighted by Gasteiger charge is 2.24. The minimum absolute atomic E-state index is 0.146. The van der Waals surface area contributed by atoms with Gasteiger partial charge < -0.3 is 9.47 Å². The fourth-order valence-corrected chi connectivity index (χ4v) is 5.90. The summed E-state index contributed by atoms with van der Waals surface area (Å²) >= 11 is 1.40. The second-order valence-corrected chi connectivity index (χ2v) is 10.4. The van der Waals surface area contributed by atoms with Crippen LogP contribution in [0.15, 0.2) is 90.0 Å². The van der Waals surface area contributed by atoms with Crippen LogP contribution >= 0.6 is 11.3 Å². The third-order valence-corrected chi connectivity index (χ3v) is 7.66. The molecule has 40 heavy (non-hydrogen) atoms. The van der Waals surface area contributed by atoms with Gasteiger partial charge in [-0.1, -0.05) is 47.6 Å². The van der Waals surface area contributed by atoms with Gasteiger partial charge in [-0.15, -0.1) is 11.3 Å². The fourth-order valence-electron chi connectivity index (χ4n) is 4.70. The number of aryl methyl sites for hydroxylation is 2. The van der Waals surface area contributed by atoms with E-state index >= 15 is 0 Å². The molecule has 0 atom stereocenters. The molecule has 0 aliphatic rings. The van der Waals surface area contributed by atoms with Gasteiger partial charge in [0, 0.05) is 26.1 Å². The van der Waals surface area contributed by atoms with Gasteiger partial charge in [-0.25, -0.2) is 4.39 Å². The molecule has 0 radical (unpaired) electrons. The van der Waals surface area contributed by atoms with Crippen molar-refractivity contribution in [1.29, 1.82) is 0 Å². The molecular weight excluding hydrogens is 525 g/mol. The van der Waals surface area contributed by atoms with Crippen molar-refractivity contribution in [3.05, 3.63) is 128 Å². The lowest BCUT2D eigenvalue weighted by molar-refractivity contribution is 0.104. The molecular formula is C32H26FN3O3S. The molecule has 5 rings (SSSR count). The Balaban J connectivity index is 1.55. The molecule has 1 aromatic heterocycles. The van der Waals surface area contributed by atoms with E-state index in [1.54, 1.807) is 13.8 Å². The van der Waals surface area contributed by atoms with Gasteiger partial charge >= 0.3 is 0 Å². The quantitative estimate of drug-likeness (QED) is 0.0571. The summed E-state index contributed by atoms with van der Waals surface area (Å²) in [7, 11) is 0. The summed E-state index contributed by atoms with van der Waals surface area (Å²) < 4.78 is 26.7. The molecule has 0 aliphatic carbocycles. The molecule has 0 bridgehead atoms. The highest BCUT2D eigenvalue weighted by atomic mass is 32.1. The normalized spacial score (nSPS) is 10.8. The molecule has 4 aromatic carbocycles. The van der Waals surface area contributed by atoms with E-state index in [2.05, 4.69) is 10.0 Å². The summed E-state index contributed by atoms with van der Waals surface area (Å²) in [6, 6.07) is 26.0. The first-order valence-electron chi connectivity index (χ1n) is 12.7. The number of fused-ring (bicyclic) bond motifs is 1. The Morgan fingerprint density at radius 2 is 1.62 bits per heavy atom. The van der Waals surface area contributed by atoms with Gasteiger partial charge in [-0.05, 0) is 84.1 Å². The van der Waals surface area contributed by atoms with Crippen LogP contribution in [0.4, 0.5) is 4.39 Å². The number of azide groups is 1. The number of ether oxygens (including phenoxy) is 2. The maximum absolute atomic E-state index is 14.0. The SMILES string of the molecule is Cc1cc(F)cc(C)c1C(=O)c1sc2cc(OCc3ccccc3)ccc2c1-c1ccc(OCCN=[N+]=[N-])cc1. The molecule has 1 heterocycles. The maximum atomic E-state index is 14.0. The van der Waals surface area contributed by atoms with Crippen molar-refractivity contribution < 1.29 is 18.7 Å². The lowest BCUT2D eigenvalue weighted by Gasteiger charge is -2.11. The number of hydrogen-bond acceptors (Lipinski definition) is 5. The van der Waals surface area contributed by atoms with Crippen LogP contribution in [0.1, 0.15) is 31.9 Å². The number of hydrogen-bond donors (Lipinski definition) is 0. The van der Waals surface area contributed by atoms with E-state index in [1.165, 1.54) is 23.5 Å². The number of carbonyl (C=O) groups excluding carboxylic acids is 1. The number of rotatable bonds is 10. The van der Waals surface area contributed by atoms with E-state index in [1.807, 2.05) is 72.8 Å². The van der Waals surface area contributed by atoms with Crippen molar-refractivity contribution in [1.82, 2.24) is 0 Å². The maximum Gasteiger partial charge on any atom is 0.204 e. The molecule has 8 heteroatoms. The zero-order valence-electron chi connectivity index (χ0n) is 22.1. The lowest BCUT2D eigenvalue weighted by atomic mass is 9.94. The molecule has 0 unspecified atom stereocenters. The summed E-state index contributed by atoms with van der Waals surface area (Å²) in [5.74, 6) is 0.833. The molecule has 0 fully saturated rings. The van der Waals surface area contributed by atoms with E-state index < -0.39 is 0 Å². The fraction of sp³-hybridized carbons (Fsp3) is 0.156. The van der Waals surface area contributed by atoms with Crippen molar-refractivity contribution in [3.8, 4) is 22.6 Å². The van der Waals surface area contributed by atoms with Crippen LogP contribution in [0.3, 0.4) is 0 Å². The Kier molecular flexibility index (Phi) is 8.10. The van der Waals surface area contributed by atoms with Gasteiger partial charge in [-0.2, -0.15) is 0 Å². The van der Waals surface area contributed by atoms with Gasteiger partial charge in [0.1, 0.15) is 23.9 Å². The first-order valence-corrected chi connectivity index (χ1v) is 13.5. The van der Waals surface area contributed by atoms with Crippen molar-refractivity contribution in [2.75, 3.05) is 13.2 Å². The standard InChI is InChI=1S/C32H26FN3O3S/c1-20-16-24(33)17-21(2)29(20)31(37)32-30(23-8-10-25(11-9-23)38-15-14-35-36-34)27-13-12-26(18-28(27)40-32)39-19-22-6-4-3-5-7-22/h3-13,16-18H,14-15,19H2,1-2H3. The summed E-state index contributed by atoms with van der Waals surface area (Å²) in [5.41, 5.74) is 12.9. The van der Waals surface area contributed by atoms with Crippen LogP contribution in [0, 0.1) is 19.7 Å². The zero-order chi connectivity index (χ0) is 28.1. The van der Waals surface area contributed by atoms with Crippen LogP contribution in [0.5, 0.6) is 11.5 Å². The molecule has 0 amide bonds. The predicted octanol–water partition coefficient (Wildman–Crippen LogP) is 8.82. The largest absolute Gasteiger partial charge is 0.493 e. The number of halogens is 1. The van der Waals surface area contributed by atoms with Gasteiger partial charge in [0.2, 0.25) is 5.78 Å². The number of nitrogens with zero attached hydrogens (tertiary/aromatic N) is 3. The molecule has 0 spiro atoms. The third kappa shape index (κ3) is 5.83. The van der Waals surface area contributed by atoms with Crippen molar-refractivity contribution >= 4 is 27.2 Å². The summed E-state index contributed by atoms with van der Waals surface area (Å²) in [4.78, 5) is 17.3. The topological polar surface area (TPSA) is 84.3 Å². The molecule has 0 saturated heterocycles. The average molecular weight is 552 g/mol. The Morgan fingerprint density at radius 3 is 2.33 bits per heavy atom. The van der Waals surface area contributed by atoms with E-state index in [-0.39, 0.29) is 24.8 Å². The van der Waals surface area contributed by atoms with E-state index in [9.17, 15) is 9.18 Å². The van der Waals surface area contributed by atoms with E-state index in [4.69, 9.17) is 15.0 Å². The number of benzene rings is 4. The third-order valence-electron chi connectivity index (χ3n) is 6.51. The molecule has 5 aromatic rings. The van der Waals surface area contributed by atoms with E-state index in [0.717, 1.165) is 26.8 Å². The highest BCUT2D eigenvalue weighted by molar-refractivity contribution is 7.21. The van der Waals surface area contributed by atoms with Crippen molar-refractivity contribution in [2.45, 2.75) is 20.5 Å². The second kappa shape index (κ2) is 12.0. The van der Waals surface area contributed by atoms with Crippen molar-refractivity contribution in [2.24, 2.45) is 5.11 Å². The molecule has 0 aliphatic heterocycles. The highest BCUT2D eigenvalue weighted by Crippen LogP contribution is 2.42. The molecule has 6 nitrogen and oxygen atoms in total. The Bertz CT molecular complexity index is 1700. The van der Waals surface area contributed by atoms with Gasteiger partial charge in [0.15, 0.2) is 0 Å². The smallest absolute Gasteiger partial charge is 0.204 e. The Morgan fingerprint density at radius 1 is 0.925 bits per heavy atom. The monoisotopic (exact) mass is 551 g/mol. The Labute approximate surface area is 235 Å². The predicted molar refractivity (Wildman–Crippen MR) is 157 cm³/mol. The van der Waals surface area contributed by atoms with Gasteiger partial charge in [-0.3, -0.25) is 4.79 Å². The average Bonchev–Trinajstić information content (AvgIpc) is 3.33. The summed E-state index contributed by atoms with van der Waals surface area (Å²) in [6.45, 7) is 4.45. The van der Waals surface area contributed by atoms with Gasteiger partial charge in [0.25, 0.3) is 0 Å². The zero-order valence-corrected chi connectivity index (χ0v) is 22.9.